The van der Waals surface area contributed by atoms with Crippen molar-refractivity contribution in [1.29, 1.82) is 5.26 Å². The molecule has 0 bridgehead atoms. The minimum Gasteiger partial charge on any atom is -0.207 e. The van der Waals surface area contributed by atoms with Gasteiger partial charge in [-0.3, -0.25) is 0 Å². The summed E-state index contributed by atoms with van der Waals surface area (Å²) in [6, 6.07) is 31.4. The summed E-state index contributed by atoms with van der Waals surface area (Å²) in [7, 11) is -3.85. The van der Waals surface area contributed by atoms with Gasteiger partial charge < -0.3 is 0 Å². The summed E-state index contributed by atoms with van der Waals surface area (Å²) in [4.78, 5) is 1.08. The number of nitrogens with zero attached hydrogens (tertiary/aromatic N) is 1. The van der Waals surface area contributed by atoms with E-state index in [2.05, 4.69) is 10.8 Å². The van der Waals surface area contributed by atoms with Crippen molar-refractivity contribution in [3.05, 3.63) is 108 Å². The molecule has 4 aromatic rings. The van der Waals surface area contributed by atoms with Crippen molar-refractivity contribution in [1.82, 2.24) is 4.72 Å². The normalized spacial score (nSPS) is 13.4. The molecule has 2 atom stereocenters. The first-order valence-corrected chi connectivity index (χ1v) is 12.5. The molecule has 0 saturated heterocycles. The van der Waals surface area contributed by atoms with Gasteiger partial charge in [0.15, 0.2) is 0 Å². The zero-order valence-corrected chi connectivity index (χ0v) is 19.1. The van der Waals surface area contributed by atoms with Crippen LogP contribution in [0.15, 0.2) is 107 Å². The van der Waals surface area contributed by atoms with Crippen LogP contribution in [0.2, 0.25) is 0 Å². The molecule has 0 unspecified atom stereocenters. The van der Waals surface area contributed by atoms with Crippen molar-refractivity contribution < 1.29 is 8.42 Å². The Kier molecular flexibility index (Phi) is 6.61. The lowest BCUT2D eigenvalue weighted by Crippen LogP contribution is -2.34. The van der Waals surface area contributed by atoms with Crippen LogP contribution in [0.25, 0.3) is 10.8 Å². The smallest absolute Gasteiger partial charge is 0.207 e. The van der Waals surface area contributed by atoms with Crippen LogP contribution in [-0.4, -0.2) is 13.7 Å². The van der Waals surface area contributed by atoms with Gasteiger partial charge in [0.25, 0.3) is 0 Å². The highest BCUT2D eigenvalue weighted by molar-refractivity contribution is 8.00. The van der Waals surface area contributed by atoms with Crippen LogP contribution in [0, 0.1) is 18.3 Å². The quantitative estimate of drug-likeness (QED) is 0.353. The minimum absolute atomic E-state index is 0.176. The number of benzene rings is 4. The first-order valence-electron chi connectivity index (χ1n) is 10.2. The van der Waals surface area contributed by atoms with Crippen molar-refractivity contribution in [3.63, 3.8) is 0 Å². The fourth-order valence-corrected chi connectivity index (χ4v) is 5.90. The Morgan fingerprint density at radius 3 is 2.22 bits per heavy atom. The molecule has 0 aliphatic carbocycles. The first kappa shape index (κ1) is 22.1. The summed E-state index contributed by atoms with van der Waals surface area (Å²) >= 11 is 1.35. The van der Waals surface area contributed by atoms with Gasteiger partial charge in [-0.25, -0.2) is 13.1 Å². The third kappa shape index (κ3) is 4.86. The number of sulfonamides is 1. The number of nitriles is 1. The standard InChI is InChI=1S/C26H22N2O2S2/c1-19-14-16-22(17-15-19)32(29,30)28-26(25(18-27)31-21-10-3-2-4-11-21)24-13-7-9-20-8-5-6-12-23(20)24/h2-17,25-26,28H,1H3/t25-,26+/m1/s1. The van der Waals surface area contributed by atoms with Crippen molar-refractivity contribution in [2.45, 2.75) is 28.0 Å². The Hall–Kier alpha value is -3.11. The molecular weight excluding hydrogens is 436 g/mol. The van der Waals surface area contributed by atoms with Gasteiger partial charge >= 0.3 is 0 Å². The Labute approximate surface area is 193 Å². The van der Waals surface area contributed by atoms with Crippen molar-refractivity contribution in [3.8, 4) is 6.07 Å². The summed E-state index contributed by atoms with van der Waals surface area (Å²) in [6.45, 7) is 1.91. The maximum absolute atomic E-state index is 13.3. The monoisotopic (exact) mass is 458 g/mol. The zero-order chi connectivity index (χ0) is 22.6. The molecule has 0 fully saturated rings. The average molecular weight is 459 g/mol. The molecule has 6 heteroatoms. The third-order valence-corrected chi connectivity index (χ3v) is 7.84. The van der Waals surface area contributed by atoms with E-state index in [-0.39, 0.29) is 4.90 Å². The number of thioether (sulfide) groups is 1. The molecule has 4 aromatic carbocycles. The number of hydrogen-bond donors (Lipinski definition) is 1. The highest BCUT2D eigenvalue weighted by atomic mass is 32.2. The van der Waals surface area contributed by atoms with Crippen LogP contribution in [0.3, 0.4) is 0 Å². The predicted octanol–water partition coefficient (Wildman–Crippen LogP) is 5.85. The van der Waals surface area contributed by atoms with Gasteiger partial charge in [-0.15, -0.1) is 11.8 Å². The lowest BCUT2D eigenvalue weighted by Gasteiger charge is -2.25. The number of nitrogens with one attached hydrogen (secondary N) is 1. The highest BCUT2D eigenvalue weighted by Crippen LogP contribution is 2.36. The van der Waals surface area contributed by atoms with E-state index in [0.717, 1.165) is 26.8 Å². The van der Waals surface area contributed by atoms with Crippen LogP contribution in [0.4, 0.5) is 0 Å². The first-order chi connectivity index (χ1) is 15.5. The predicted molar refractivity (Wildman–Crippen MR) is 130 cm³/mol. The molecule has 0 spiro atoms. The lowest BCUT2D eigenvalue weighted by molar-refractivity contribution is 0.562. The summed E-state index contributed by atoms with van der Waals surface area (Å²) in [5.74, 6) is 0. The summed E-state index contributed by atoms with van der Waals surface area (Å²) in [5, 5.41) is 11.3. The third-order valence-electron chi connectivity index (χ3n) is 5.21. The maximum atomic E-state index is 13.3. The number of rotatable bonds is 7. The lowest BCUT2D eigenvalue weighted by atomic mass is 9.97. The Bertz CT molecular complexity index is 1360. The molecule has 0 amide bonds. The Morgan fingerprint density at radius 1 is 0.844 bits per heavy atom. The van der Waals surface area contributed by atoms with E-state index in [4.69, 9.17) is 0 Å². The van der Waals surface area contributed by atoms with Crippen LogP contribution in [0.5, 0.6) is 0 Å². The van der Waals surface area contributed by atoms with Gasteiger partial charge in [0.05, 0.1) is 17.0 Å². The summed E-state index contributed by atoms with van der Waals surface area (Å²) in [6.07, 6.45) is 0. The van der Waals surface area contributed by atoms with Gasteiger partial charge in [0, 0.05) is 4.90 Å². The van der Waals surface area contributed by atoms with Gasteiger partial charge in [0.1, 0.15) is 5.25 Å². The molecule has 0 heterocycles. The second kappa shape index (κ2) is 9.58. The highest BCUT2D eigenvalue weighted by Gasteiger charge is 2.30. The van der Waals surface area contributed by atoms with Crippen LogP contribution in [-0.2, 0) is 10.0 Å². The van der Waals surface area contributed by atoms with E-state index in [0.29, 0.717) is 0 Å². The van der Waals surface area contributed by atoms with Gasteiger partial charge in [-0.05, 0) is 47.5 Å². The molecule has 0 radical (unpaired) electrons. The number of hydrogen-bond acceptors (Lipinski definition) is 4. The van der Waals surface area contributed by atoms with E-state index in [1.54, 1.807) is 24.3 Å². The van der Waals surface area contributed by atoms with E-state index in [1.807, 2.05) is 79.7 Å². The van der Waals surface area contributed by atoms with Gasteiger partial charge in [0.2, 0.25) is 10.0 Å². The number of fused-ring (bicyclic) bond motifs is 1. The molecule has 0 saturated carbocycles. The Balaban J connectivity index is 1.80. The molecule has 0 aliphatic heterocycles. The van der Waals surface area contributed by atoms with E-state index in [9.17, 15) is 13.7 Å². The van der Waals surface area contributed by atoms with Crippen LogP contribution >= 0.6 is 11.8 Å². The summed E-state index contributed by atoms with van der Waals surface area (Å²) in [5.41, 5.74) is 1.75. The largest absolute Gasteiger partial charge is 0.241 e. The molecule has 4 rings (SSSR count). The zero-order valence-electron chi connectivity index (χ0n) is 17.5. The molecular formula is C26H22N2O2S2. The SMILES string of the molecule is Cc1ccc(S(=O)(=O)N[C@@H](c2cccc3ccccc23)[C@@H](C#N)Sc2ccccc2)cc1. The fraction of sp³-hybridized carbons (Fsp3) is 0.115. The average Bonchev–Trinajstić information content (AvgIpc) is 2.82. The van der Waals surface area contributed by atoms with Gasteiger partial charge in [-0.2, -0.15) is 5.26 Å². The Morgan fingerprint density at radius 2 is 1.50 bits per heavy atom. The van der Waals surface area contributed by atoms with Crippen molar-refractivity contribution in [2.24, 2.45) is 0 Å². The fourth-order valence-electron chi connectivity index (χ4n) is 3.58. The number of aryl methyl sites for hydroxylation is 1. The minimum atomic E-state index is -3.85. The van der Waals surface area contributed by atoms with E-state index < -0.39 is 21.3 Å². The van der Waals surface area contributed by atoms with Crippen molar-refractivity contribution in [2.75, 3.05) is 0 Å². The molecule has 32 heavy (non-hydrogen) atoms. The summed E-state index contributed by atoms with van der Waals surface area (Å²) < 4.78 is 29.5. The molecule has 0 aromatic heterocycles. The molecule has 4 nitrogen and oxygen atoms in total. The van der Waals surface area contributed by atoms with Crippen molar-refractivity contribution >= 4 is 32.6 Å². The van der Waals surface area contributed by atoms with E-state index in [1.165, 1.54) is 11.8 Å². The topological polar surface area (TPSA) is 70.0 Å². The van der Waals surface area contributed by atoms with Gasteiger partial charge in [-0.1, -0.05) is 78.4 Å². The maximum Gasteiger partial charge on any atom is 0.241 e. The van der Waals surface area contributed by atoms with E-state index >= 15 is 0 Å². The van der Waals surface area contributed by atoms with Crippen LogP contribution < -0.4 is 4.72 Å². The second-order valence-electron chi connectivity index (χ2n) is 7.46. The molecule has 160 valence electrons. The second-order valence-corrected chi connectivity index (χ2v) is 10.4. The molecule has 0 aliphatic rings. The van der Waals surface area contributed by atoms with Crippen LogP contribution in [0.1, 0.15) is 17.2 Å². The molecule has 1 N–H and O–H groups in total.